The van der Waals surface area contributed by atoms with Crippen molar-refractivity contribution in [2.24, 2.45) is 18.4 Å². The Kier molecular flexibility index (Phi) is 3.49. The van der Waals surface area contributed by atoms with E-state index in [0.29, 0.717) is 26.3 Å². The number of nitrogens with zero attached hydrogens (tertiary/aromatic N) is 5. The minimum absolute atomic E-state index is 0.126. The van der Waals surface area contributed by atoms with Crippen LogP contribution in [0.1, 0.15) is 0 Å². The summed E-state index contributed by atoms with van der Waals surface area (Å²) in [4.78, 5) is 18.6. The number of carbonyl (C=O) groups excluding carboxylic acids is 1. The summed E-state index contributed by atoms with van der Waals surface area (Å²) in [6.07, 6.45) is 3.60. The predicted octanol–water partition coefficient (Wildman–Crippen LogP) is 0.503. The normalized spacial score (nSPS) is 25.8. The van der Waals surface area contributed by atoms with Crippen molar-refractivity contribution < 1.29 is 14.3 Å². The second-order valence-electron chi connectivity index (χ2n) is 6.38. The summed E-state index contributed by atoms with van der Waals surface area (Å²) in [5.41, 5.74) is 0.131. The Hall–Kier alpha value is -2.48. The Labute approximate surface area is 139 Å². The number of ether oxygens (including phenoxy) is 2. The molecule has 0 aliphatic carbocycles. The van der Waals surface area contributed by atoms with Gasteiger partial charge in [-0.15, -0.1) is 10.2 Å². The molecule has 24 heavy (non-hydrogen) atoms. The number of aryl methyl sites for hydroxylation is 1. The summed E-state index contributed by atoms with van der Waals surface area (Å²) < 4.78 is 12.4. The zero-order valence-electron chi connectivity index (χ0n) is 13.7. The molecule has 2 aromatic heterocycles. The predicted molar refractivity (Wildman–Crippen MR) is 85.2 cm³/mol. The van der Waals surface area contributed by atoms with E-state index in [1.54, 1.807) is 6.20 Å². The first kappa shape index (κ1) is 15.1. The summed E-state index contributed by atoms with van der Waals surface area (Å²) in [6, 6.07) is 3.82. The molecule has 8 heteroatoms. The fourth-order valence-corrected chi connectivity index (χ4v) is 3.63. The van der Waals surface area contributed by atoms with E-state index in [2.05, 4.69) is 20.1 Å². The van der Waals surface area contributed by atoms with Crippen molar-refractivity contribution >= 4 is 11.8 Å². The van der Waals surface area contributed by atoms with E-state index in [1.165, 1.54) is 7.11 Å². The van der Waals surface area contributed by atoms with Gasteiger partial charge in [-0.25, -0.2) is 4.98 Å². The third-order valence-electron chi connectivity index (χ3n) is 4.99. The van der Waals surface area contributed by atoms with Crippen molar-refractivity contribution in [2.45, 2.75) is 0 Å². The van der Waals surface area contributed by atoms with Gasteiger partial charge >= 0.3 is 5.97 Å². The molecule has 0 spiro atoms. The van der Waals surface area contributed by atoms with E-state index in [1.807, 2.05) is 29.9 Å². The van der Waals surface area contributed by atoms with Crippen LogP contribution in [0, 0.1) is 11.3 Å². The van der Waals surface area contributed by atoms with Gasteiger partial charge in [0.05, 0.1) is 20.3 Å². The third-order valence-corrected chi connectivity index (χ3v) is 4.99. The van der Waals surface area contributed by atoms with Crippen LogP contribution in [0.25, 0.3) is 11.5 Å². The van der Waals surface area contributed by atoms with E-state index in [-0.39, 0.29) is 11.9 Å². The quantitative estimate of drug-likeness (QED) is 0.759. The third kappa shape index (κ3) is 2.17. The zero-order valence-corrected chi connectivity index (χ0v) is 13.7. The van der Waals surface area contributed by atoms with E-state index in [9.17, 15) is 4.79 Å². The van der Waals surface area contributed by atoms with Crippen LogP contribution in [0.5, 0.6) is 0 Å². The summed E-state index contributed by atoms with van der Waals surface area (Å²) in [5.74, 6) is 1.45. The first-order valence-electron chi connectivity index (χ1n) is 7.86. The lowest BCUT2D eigenvalue weighted by Crippen LogP contribution is -2.40. The number of rotatable bonds is 3. The number of methoxy groups -OCH3 is 1. The van der Waals surface area contributed by atoms with Gasteiger partial charge in [0.25, 0.3) is 0 Å². The van der Waals surface area contributed by atoms with Gasteiger partial charge in [-0.2, -0.15) is 0 Å². The minimum Gasteiger partial charge on any atom is -0.468 e. The number of fused-ring (bicyclic) bond motifs is 1. The van der Waals surface area contributed by atoms with Crippen LogP contribution in [0.3, 0.4) is 0 Å². The Balaban J connectivity index is 1.57. The number of carbonyl (C=O) groups is 1. The lowest BCUT2D eigenvalue weighted by atomic mass is 9.81. The fraction of sp³-hybridized carbons (Fsp3) is 0.500. The lowest BCUT2D eigenvalue weighted by Gasteiger charge is -2.24. The molecule has 0 saturated carbocycles. The molecule has 0 radical (unpaired) electrons. The van der Waals surface area contributed by atoms with Gasteiger partial charge < -0.3 is 18.9 Å². The van der Waals surface area contributed by atoms with Crippen molar-refractivity contribution in [3.8, 4) is 11.5 Å². The van der Waals surface area contributed by atoms with Gasteiger partial charge in [0.2, 0.25) is 0 Å². The van der Waals surface area contributed by atoms with Crippen molar-refractivity contribution in [1.29, 1.82) is 0 Å². The van der Waals surface area contributed by atoms with Gasteiger partial charge in [-0.1, -0.05) is 0 Å². The molecule has 8 nitrogen and oxygen atoms in total. The highest BCUT2D eigenvalue weighted by Crippen LogP contribution is 2.43. The maximum Gasteiger partial charge on any atom is 0.316 e. The van der Waals surface area contributed by atoms with Gasteiger partial charge in [0.15, 0.2) is 11.6 Å². The molecule has 126 valence electrons. The van der Waals surface area contributed by atoms with E-state index in [4.69, 9.17) is 9.47 Å². The molecule has 0 unspecified atom stereocenters. The highest BCUT2D eigenvalue weighted by molar-refractivity contribution is 5.80. The van der Waals surface area contributed by atoms with Crippen LogP contribution >= 0.6 is 0 Å². The molecule has 0 N–H and O–H groups in total. The molecular formula is C16H19N5O3. The molecule has 0 aromatic carbocycles. The summed E-state index contributed by atoms with van der Waals surface area (Å²) >= 11 is 0. The zero-order chi connectivity index (χ0) is 16.7. The number of hydrogen-bond acceptors (Lipinski definition) is 7. The Morgan fingerprint density at radius 3 is 2.96 bits per heavy atom. The van der Waals surface area contributed by atoms with Crippen molar-refractivity contribution in [2.75, 3.05) is 38.3 Å². The molecule has 0 bridgehead atoms. The van der Waals surface area contributed by atoms with Crippen LogP contribution in [0.2, 0.25) is 0 Å². The Morgan fingerprint density at radius 2 is 2.29 bits per heavy atom. The molecule has 2 atom stereocenters. The van der Waals surface area contributed by atoms with Gasteiger partial charge in [0, 0.05) is 38.4 Å². The average Bonchev–Trinajstić information content (AvgIpc) is 3.28. The Bertz CT molecular complexity index is 759. The van der Waals surface area contributed by atoms with Crippen molar-refractivity contribution in [1.82, 2.24) is 19.7 Å². The molecule has 2 aromatic rings. The van der Waals surface area contributed by atoms with Gasteiger partial charge in [-0.3, -0.25) is 4.79 Å². The number of hydrogen-bond donors (Lipinski definition) is 0. The number of aromatic nitrogens is 4. The molecule has 2 aliphatic rings. The molecular weight excluding hydrogens is 310 g/mol. The van der Waals surface area contributed by atoms with Crippen LogP contribution in [0.15, 0.2) is 24.5 Å². The van der Waals surface area contributed by atoms with Gasteiger partial charge in [0.1, 0.15) is 11.1 Å². The molecule has 4 heterocycles. The number of imidazole rings is 1. The second kappa shape index (κ2) is 5.55. The maximum atomic E-state index is 12.3. The molecule has 4 rings (SSSR count). The first-order chi connectivity index (χ1) is 11.6. The highest BCUT2D eigenvalue weighted by atomic mass is 16.5. The van der Waals surface area contributed by atoms with Crippen LogP contribution in [0.4, 0.5) is 5.82 Å². The van der Waals surface area contributed by atoms with Crippen LogP contribution in [-0.4, -0.2) is 59.1 Å². The molecule has 2 fully saturated rings. The SMILES string of the molecule is COC(=O)[C@@]12COC[C@@H]1CN(c1ccc(-c3nccn3C)nn1)C2. The number of anilines is 1. The summed E-state index contributed by atoms with van der Waals surface area (Å²) in [6.45, 7) is 2.23. The lowest BCUT2D eigenvalue weighted by molar-refractivity contribution is -0.152. The van der Waals surface area contributed by atoms with Crippen molar-refractivity contribution in [3.63, 3.8) is 0 Å². The minimum atomic E-state index is -0.589. The van der Waals surface area contributed by atoms with E-state index >= 15 is 0 Å². The Morgan fingerprint density at radius 1 is 1.42 bits per heavy atom. The van der Waals surface area contributed by atoms with Crippen molar-refractivity contribution in [3.05, 3.63) is 24.5 Å². The van der Waals surface area contributed by atoms with Crippen LogP contribution < -0.4 is 4.90 Å². The smallest absolute Gasteiger partial charge is 0.316 e. The average molecular weight is 329 g/mol. The van der Waals surface area contributed by atoms with E-state index < -0.39 is 5.41 Å². The van der Waals surface area contributed by atoms with Gasteiger partial charge in [-0.05, 0) is 12.1 Å². The first-order valence-corrected chi connectivity index (χ1v) is 7.86. The molecule has 2 aliphatic heterocycles. The summed E-state index contributed by atoms with van der Waals surface area (Å²) in [5, 5.41) is 8.62. The monoisotopic (exact) mass is 329 g/mol. The molecule has 0 amide bonds. The highest BCUT2D eigenvalue weighted by Gasteiger charge is 2.57. The summed E-state index contributed by atoms with van der Waals surface area (Å²) in [7, 11) is 3.34. The standard InChI is InChI=1S/C16H19N5O3/c1-20-6-5-17-14(20)12-3-4-13(19-18-12)21-7-11-8-24-10-16(11,9-21)15(22)23-2/h3-6,11H,7-10H2,1-2H3/t11-,16-/m0/s1. The second-order valence-corrected chi connectivity index (χ2v) is 6.38. The fourth-order valence-electron chi connectivity index (χ4n) is 3.63. The number of esters is 1. The topological polar surface area (TPSA) is 82.4 Å². The maximum absolute atomic E-state index is 12.3. The largest absolute Gasteiger partial charge is 0.468 e. The van der Waals surface area contributed by atoms with Crippen LogP contribution in [-0.2, 0) is 21.3 Å². The van der Waals surface area contributed by atoms with E-state index in [0.717, 1.165) is 17.3 Å². The molecule has 2 saturated heterocycles.